The number of anilines is 1. The maximum absolute atomic E-state index is 13.4. The molecule has 0 bridgehead atoms. The third kappa shape index (κ3) is 4.15. The number of carbonyl (C=O) groups is 2. The number of amides is 1. The molecule has 0 radical (unpaired) electrons. The van der Waals surface area contributed by atoms with Crippen LogP contribution in [-0.2, 0) is 4.79 Å². The molecule has 2 rings (SSSR count). The highest BCUT2D eigenvalue weighted by molar-refractivity contribution is 5.94. The number of halogens is 1. The lowest BCUT2D eigenvalue weighted by molar-refractivity contribution is -0.118. The molecular weight excluding hydrogens is 285 g/mol. The fraction of sp³-hybridized carbons (Fsp3) is 0.176. The molecule has 0 aliphatic carbocycles. The molecular formula is C17H16FNO3. The van der Waals surface area contributed by atoms with E-state index in [4.69, 9.17) is 4.74 Å². The minimum atomic E-state index is -0.390. The number of hydrogen-bond acceptors (Lipinski definition) is 3. The van der Waals surface area contributed by atoms with E-state index in [0.717, 1.165) is 0 Å². The van der Waals surface area contributed by atoms with Crippen molar-refractivity contribution in [1.82, 2.24) is 0 Å². The maximum Gasteiger partial charge on any atom is 0.262 e. The largest absolute Gasteiger partial charge is 0.484 e. The van der Waals surface area contributed by atoms with E-state index in [-0.39, 0.29) is 24.1 Å². The molecule has 0 atom stereocenters. The predicted molar refractivity (Wildman–Crippen MR) is 81.7 cm³/mol. The second kappa shape index (κ2) is 6.85. The van der Waals surface area contributed by atoms with Crippen molar-refractivity contribution in [3.63, 3.8) is 0 Å². The summed E-state index contributed by atoms with van der Waals surface area (Å²) < 4.78 is 18.7. The number of ketones is 1. The molecule has 0 saturated carbocycles. The van der Waals surface area contributed by atoms with E-state index in [2.05, 4.69) is 5.32 Å². The van der Waals surface area contributed by atoms with Crippen LogP contribution in [0.3, 0.4) is 0 Å². The van der Waals surface area contributed by atoms with E-state index in [0.29, 0.717) is 22.6 Å². The van der Waals surface area contributed by atoms with Crippen LogP contribution in [0.25, 0.3) is 0 Å². The number of nitrogens with one attached hydrogen (secondary N) is 1. The fourth-order valence-corrected chi connectivity index (χ4v) is 1.80. The van der Waals surface area contributed by atoms with Crippen LogP contribution in [0.5, 0.6) is 5.75 Å². The second-order valence-electron chi connectivity index (χ2n) is 4.88. The van der Waals surface area contributed by atoms with Gasteiger partial charge in [-0.1, -0.05) is 6.07 Å². The standard InChI is InChI=1S/C17H16FNO3/c1-11-3-6-14(9-16(11)18)19-17(21)10-22-15-7-4-13(5-8-15)12(2)20/h3-9H,10H2,1-2H3,(H,19,21). The quantitative estimate of drug-likeness (QED) is 0.862. The number of benzene rings is 2. The average molecular weight is 301 g/mol. The highest BCUT2D eigenvalue weighted by atomic mass is 19.1. The van der Waals surface area contributed by atoms with E-state index in [9.17, 15) is 14.0 Å². The lowest BCUT2D eigenvalue weighted by Gasteiger charge is -2.08. The van der Waals surface area contributed by atoms with Gasteiger partial charge in [-0.25, -0.2) is 4.39 Å². The highest BCUT2D eigenvalue weighted by Crippen LogP contribution is 2.15. The maximum atomic E-state index is 13.4. The number of rotatable bonds is 5. The van der Waals surface area contributed by atoms with Crippen molar-refractivity contribution >= 4 is 17.4 Å². The zero-order valence-electron chi connectivity index (χ0n) is 12.4. The summed E-state index contributed by atoms with van der Waals surface area (Å²) in [5, 5.41) is 2.55. The van der Waals surface area contributed by atoms with Crippen LogP contribution in [0, 0.1) is 12.7 Å². The van der Waals surface area contributed by atoms with Crippen molar-refractivity contribution in [1.29, 1.82) is 0 Å². The minimum absolute atomic E-state index is 0.0364. The van der Waals surface area contributed by atoms with Crippen LogP contribution in [-0.4, -0.2) is 18.3 Å². The van der Waals surface area contributed by atoms with E-state index in [1.807, 2.05) is 0 Å². The first-order valence-corrected chi connectivity index (χ1v) is 6.75. The fourth-order valence-electron chi connectivity index (χ4n) is 1.80. The van der Waals surface area contributed by atoms with Crippen molar-refractivity contribution < 1.29 is 18.7 Å². The van der Waals surface area contributed by atoms with Gasteiger partial charge in [-0.05, 0) is 55.8 Å². The topological polar surface area (TPSA) is 55.4 Å². The Morgan fingerprint density at radius 2 is 1.82 bits per heavy atom. The van der Waals surface area contributed by atoms with Gasteiger partial charge in [0.05, 0.1) is 0 Å². The number of ether oxygens (including phenoxy) is 1. The molecule has 0 saturated heterocycles. The van der Waals surface area contributed by atoms with Crippen molar-refractivity contribution in [2.75, 3.05) is 11.9 Å². The number of carbonyl (C=O) groups excluding carboxylic acids is 2. The third-order valence-corrected chi connectivity index (χ3v) is 3.09. The average Bonchev–Trinajstić information content (AvgIpc) is 2.49. The summed E-state index contributed by atoms with van der Waals surface area (Å²) in [7, 11) is 0. The van der Waals surface area contributed by atoms with E-state index >= 15 is 0 Å². The number of Topliss-reactive ketones (excluding diaryl/α,β-unsaturated/α-hetero) is 1. The van der Waals surface area contributed by atoms with Gasteiger partial charge in [0.15, 0.2) is 12.4 Å². The first-order chi connectivity index (χ1) is 10.5. The molecule has 114 valence electrons. The summed E-state index contributed by atoms with van der Waals surface area (Å²) in [6.45, 7) is 2.92. The lowest BCUT2D eigenvalue weighted by atomic mass is 10.1. The van der Waals surface area contributed by atoms with Gasteiger partial charge in [-0.3, -0.25) is 9.59 Å². The van der Waals surface area contributed by atoms with Gasteiger partial charge in [-0.2, -0.15) is 0 Å². The van der Waals surface area contributed by atoms with Crippen LogP contribution in [0.15, 0.2) is 42.5 Å². The second-order valence-corrected chi connectivity index (χ2v) is 4.88. The summed E-state index contributed by atoms with van der Waals surface area (Å²) in [6.07, 6.45) is 0. The van der Waals surface area contributed by atoms with Gasteiger partial charge in [0, 0.05) is 11.3 Å². The Kier molecular flexibility index (Phi) is 4.88. The summed E-state index contributed by atoms with van der Waals surface area (Å²) >= 11 is 0. The Morgan fingerprint density at radius 3 is 2.41 bits per heavy atom. The highest BCUT2D eigenvalue weighted by Gasteiger charge is 2.06. The summed E-state index contributed by atoms with van der Waals surface area (Å²) in [6, 6.07) is 11.0. The van der Waals surface area contributed by atoms with Gasteiger partial charge in [-0.15, -0.1) is 0 Å². The van der Waals surface area contributed by atoms with Gasteiger partial charge in [0.2, 0.25) is 0 Å². The van der Waals surface area contributed by atoms with E-state index in [1.165, 1.54) is 13.0 Å². The monoisotopic (exact) mass is 301 g/mol. The Bertz CT molecular complexity index is 696. The predicted octanol–water partition coefficient (Wildman–Crippen LogP) is 3.35. The van der Waals surface area contributed by atoms with Crippen LogP contribution in [0.4, 0.5) is 10.1 Å². The van der Waals surface area contributed by atoms with Crippen LogP contribution < -0.4 is 10.1 Å². The number of hydrogen-bond donors (Lipinski definition) is 1. The molecule has 5 heteroatoms. The van der Waals surface area contributed by atoms with Crippen LogP contribution in [0.2, 0.25) is 0 Å². The molecule has 22 heavy (non-hydrogen) atoms. The van der Waals surface area contributed by atoms with Crippen molar-refractivity contribution in [2.45, 2.75) is 13.8 Å². The SMILES string of the molecule is CC(=O)c1ccc(OCC(=O)Nc2ccc(C)c(F)c2)cc1. The number of aryl methyl sites for hydroxylation is 1. The molecule has 0 fully saturated rings. The molecule has 1 N–H and O–H groups in total. The summed E-state index contributed by atoms with van der Waals surface area (Å²) in [5.41, 5.74) is 1.47. The zero-order chi connectivity index (χ0) is 16.1. The normalized spacial score (nSPS) is 10.1. The summed E-state index contributed by atoms with van der Waals surface area (Å²) in [5.74, 6) is -0.321. The Morgan fingerprint density at radius 1 is 1.14 bits per heavy atom. The molecule has 4 nitrogen and oxygen atoms in total. The smallest absolute Gasteiger partial charge is 0.262 e. The van der Waals surface area contributed by atoms with Crippen LogP contribution >= 0.6 is 0 Å². The Labute approximate surface area is 127 Å². The summed E-state index contributed by atoms with van der Waals surface area (Å²) in [4.78, 5) is 22.9. The van der Waals surface area contributed by atoms with Crippen molar-refractivity contribution in [3.05, 3.63) is 59.4 Å². The molecule has 0 heterocycles. The first-order valence-electron chi connectivity index (χ1n) is 6.75. The Hall–Kier alpha value is -2.69. The van der Waals surface area contributed by atoms with Crippen molar-refractivity contribution in [3.8, 4) is 5.75 Å². The van der Waals surface area contributed by atoms with Gasteiger partial charge in [0.25, 0.3) is 5.91 Å². The van der Waals surface area contributed by atoms with E-state index < -0.39 is 0 Å². The molecule has 0 aliphatic heterocycles. The molecule has 1 amide bonds. The van der Waals surface area contributed by atoms with E-state index in [1.54, 1.807) is 43.3 Å². The van der Waals surface area contributed by atoms with Gasteiger partial charge >= 0.3 is 0 Å². The molecule has 0 spiro atoms. The molecule has 0 aliphatic rings. The van der Waals surface area contributed by atoms with Gasteiger partial charge < -0.3 is 10.1 Å². The molecule has 2 aromatic rings. The molecule has 0 aromatic heterocycles. The first kappa shape index (κ1) is 15.7. The third-order valence-electron chi connectivity index (χ3n) is 3.09. The zero-order valence-corrected chi connectivity index (χ0v) is 12.4. The van der Waals surface area contributed by atoms with Crippen molar-refractivity contribution in [2.24, 2.45) is 0 Å². The molecule has 2 aromatic carbocycles. The van der Waals surface area contributed by atoms with Gasteiger partial charge in [0.1, 0.15) is 11.6 Å². The minimum Gasteiger partial charge on any atom is -0.484 e. The Balaban J connectivity index is 1.89. The van der Waals surface area contributed by atoms with Crippen LogP contribution in [0.1, 0.15) is 22.8 Å². The molecule has 0 unspecified atom stereocenters. The lowest BCUT2D eigenvalue weighted by Crippen LogP contribution is -2.20.